The van der Waals surface area contributed by atoms with Crippen molar-refractivity contribution >= 4 is 37.9 Å². The smallest absolute Gasteiger partial charge is 0.162 e. The number of aromatic nitrogens is 1. The molecule has 0 bridgehead atoms. The van der Waals surface area contributed by atoms with E-state index in [9.17, 15) is 8.42 Å². The van der Waals surface area contributed by atoms with Crippen molar-refractivity contribution in [2.45, 2.75) is 6.92 Å². The zero-order valence-corrected chi connectivity index (χ0v) is 10.2. The Labute approximate surface area is 97.8 Å². The van der Waals surface area contributed by atoms with Gasteiger partial charge in [-0.2, -0.15) is 10.2 Å². The average Bonchev–Trinajstić information content (AvgIpc) is 2.56. The van der Waals surface area contributed by atoms with Gasteiger partial charge in [-0.1, -0.05) is 0 Å². The predicted octanol–water partition coefficient (Wildman–Crippen LogP) is 2.26. The molecule has 0 saturated heterocycles. The van der Waals surface area contributed by atoms with E-state index in [1.807, 2.05) is 13.0 Å². The van der Waals surface area contributed by atoms with Gasteiger partial charge in [0.05, 0.1) is 20.9 Å². The van der Waals surface area contributed by atoms with Crippen LogP contribution in [0.3, 0.4) is 0 Å². The van der Waals surface area contributed by atoms with Gasteiger partial charge in [0, 0.05) is 0 Å². The van der Waals surface area contributed by atoms with Crippen LogP contribution in [0.1, 0.15) is 5.01 Å². The van der Waals surface area contributed by atoms with Crippen LogP contribution in [0.5, 0.6) is 0 Å². The number of fused-ring (bicyclic) bond motifs is 1. The normalized spacial score (nSPS) is 11.9. The Morgan fingerprint density at radius 1 is 1.44 bits per heavy atom. The van der Waals surface area contributed by atoms with Crippen LogP contribution >= 0.6 is 11.3 Å². The number of nitrogens with zero attached hydrogens (tertiary/aromatic N) is 3. The molecule has 1 aromatic heterocycles. The van der Waals surface area contributed by atoms with Gasteiger partial charge >= 0.3 is 0 Å². The monoisotopic (exact) mass is 255 g/mol. The Balaban J connectivity index is 2.28. The fourth-order valence-corrected chi connectivity index (χ4v) is 2.23. The number of thiol groups is 1. The molecule has 0 unspecified atom stereocenters. The van der Waals surface area contributed by atoms with Gasteiger partial charge in [0.2, 0.25) is 0 Å². The first-order chi connectivity index (χ1) is 7.65. The number of hydrogen-bond donors (Lipinski definition) is 1. The molecule has 1 heterocycles. The van der Waals surface area contributed by atoms with Crippen LogP contribution in [0, 0.1) is 6.92 Å². The first-order valence-electron chi connectivity index (χ1n) is 4.51. The van der Waals surface area contributed by atoms with E-state index in [-0.39, 0.29) is 5.88 Å². The first kappa shape index (κ1) is 11.2. The highest BCUT2D eigenvalue weighted by atomic mass is 32.2. The molecule has 2 rings (SSSR count). The lowest BCUT2D eigenvalue weighted by Crippen LogP contribution is -1.78. The van der Waals surface area contributed by atoms with Crippen molar-refractivity contribution in [3.63, 3.8) is 0 Å². The molecule has 5 nitrogen and oxygen atoms in total. The molecule has 7 heteroatoms. The van der Waals surface area contributed by atoms with Crippen LogP contribution < -0.4 is 0 Å². The highest BCUT2D eigenvalue weighted by molar-refractivity contribution is 7.72. The van der Waals surface area contributed by atoms with E-state index in [1.165, 1.54) is 0 Å². The topological polar surface area (TPSA) is 71.8 Å². The van der Waals surface area contributed by atoms with Gasteiger partial charge in [0.25, 0.3) is 0 Å². The average molecular weight is 255 g/mol. The molecule has 0 spiro atoms. The molecule has 0 fully saturated rings. The van der Waals surface area contributed by atoms with E-state index in [1.54, 1.807) is 23.5 Å². The Kier molecular flexibility index (Phi) is 3.25. The third kappa shape index (κ3) is 2.61. The Morgan fingerprint density at radius 3 is 3.00 bits per heavy atom. The third-order valence-electron chi connectivity index (χ3n) is 1.84. The summed E-state index contributed by atoms with van der Waals surface area (Å²) >= 11 is 1.61. The summed E-state index contributed by atoms with van der Waals surface area (Å²) in [5.74, 6) is -0.274. The van der Waals surface area contributed by atoms with E-state index in [0.29, 0.717) is 5.69 Å². The van der Waals surface area contributed by atoms with Crippen LogP contribution in [0.4, 0.5) is 5.69 Å². The van der Waals surface area contributed by atoms with Crippen molar-refractivity contribution in [2.75, 3.05) is 5.88 Å². The van der Waals surface area contributed by atoms with Crippen LogP contribution in [-0.4, -0.2) is 19.3 Å². The molecule has 0 aliphatic rings. The van der Waals surface area contributed by atoms with Gasteiger partial charge in [0.1, 0.15) is 0 Å². The maximum Gasteiger partial charge on any atom is 0.162 e. The van der Waals surface area contributed by atoms with Crippen LogP contribution in [0.15, 0.2) is 28.4 Å². The fraction of sp³-hybridized carbons (Fsp3) is 0.222. The summed E-state index contributed by atoms with van der Waals surface area (Å²) in [5, 5.41) is 8.36. The first-order valence-corrected chi connectivity index (χ1v) is 6.69. The minimum Gasteiger partial charge on any atom is -0.241 e. The van der Waals surface area contributed by atoms with Gasteiger partial charge in [-0.15, -0.1) is 11.3 Å². The van der Waals surface area contributed by atoms with Crippen molar-refractivity contribution in [1.29, 1.82) is 0 Å². The standard InChI is InChI=1S/C9H9N3O2S2/c1-6-11-8-4-7(2-3-9(8)15-6)12-10-5-16(13)14/h2-4,16H,5H2,1H3. The van der Waals surface area contributed by atoms with Gasteiger partial charge in [-0.05, 0) is 25.1 Å². The van der Waals surface area contributed by atoms with Crippen molar-refractivity contribution in [3.05, 3.63) is 23.2 Å². The summed E-state index contributed by atoms with van der Waals surface area (Å²) in [6, 6.07) is 5.49. The van der Waals surface area contributed by atoms with Crippen molar-refractivity contribution in [3.8, 4) is 0 Å². The van der Waals surface area contributed by atoms with Gasteiger partial charge < -0.3 is 0 Å². The van der Waals surface area contributed by atoms with Crippen LogP contribution in [0.25, 0.3) is 10.2 Å². The van der Waals surface area contributed by atoms with Crippen molar-refractivity contribution in [2.24, 2.45) is 10.2 Å². The van der Waals surface area contributed by atoms with E-state index < -0.39 is 10.7 Å². The lowest BCUT2D eigenvalue weighted by Gasteiger charge is -1.90. The van der Waals surface area contributed by atoms with Crippen LogP contribution in [-0.2, 0) is 10.7 Å². The predicted molar refractivity (Wildman–Crippen MR) is 64.1 cm³/mol. The molecule has 0 aliphatic heterocycles. The summed E-state index contributed by atoms with van der Waals surface area (Å²) in [6.07, 6.45) is 0. The van der Waals surface area contributed by atoms with Crippen LogP contribution in [0.2, 0.25) is 0 Å². The molecule has 0 saturated carbocycles. The summed E-state index contributed by atoms with van der Waals surface area (Å²) < 4.78 is 21.6. The Hall–Kier alpha value is -1.34. The second-order valence-corrected chi connectivity index (χ2v) is 5.28. The van der Waals surface area contributed by atoms with E-state index in [4.69, 9.17) is 0 Å². The molecule has 0 N–H and O–H groups in total. The van der Waals surface area contributed by atoms with Gasteiger partial charge in [0.15, 0.2) is 16.6 Å². The van der Waals surface area contributed by atoms with Crippen molar-refractivity contribution in [1.82, 2.24) is 4.98 Å². The molecule has 0 amide bonds. The summed E-state index contributed by atoms with van der Waals surface area (Å²) in [4.78, 5) is 4.31. The van der Waals surface area contributed by atoms with E-state index in [0.717, 1.165) is 15.2 Å². The molecule has 0 atom stereocenters. The van der Waals surface area contributed by atoms with Gasteiger partial charge in [-0.25, -0.2) is 13.4 Å². The molecule has 1 aromatic carbocycles. The van der Waals surface area contributed by atoms with E-state index >= 15 is 0 Å². The zero-order valence-electron chi connectivity index (χ0n) is 8.45. The largest absolute Gasteiger partial charge is 0.241 e. The molecule has 0 aliphatic carbocycles. The summed E-state index contributed by atoms with van der Waals surface area (Å²) in [6.45, 7) is 1.94. The molecular weight excluding hydrogens is 246 g/mol. The second-order valence-electron chi connectivity index (χ2n) is 3.10. The maximum atomic E-state index is 10.3. The maximum absolute atomic E-state index is 10.3. The minimum absolute atomic E-state index is 0.274. The molecular formula is C9H9N3O2S2. The molecule has 2 aromatic rings. The molecule has 84 valence electrons. The number of azo groups is 1. The number of benzene rings is 1. The number of aryl methyl sites for hydroxylation is 1. The highest BCUT2D eigenvalue weighted by Crippen LogP contribution is 2.25. The zero-order chi connectivity index (χ0) is 11.5. The number of thiazole rings is 1. The summed E-state index contributed by atoms with van der Waals surface area (Å²) in [7, 11) is -2.50. The minimum atomic E-state index is -2.50. The highest BCUT2D eigenvalue weighted by Gasteiger charge is 2.00. The molecule has 16 heavy (non-hydrogen) atoms. The third-order valence-corrected chi connectivity index (χ3v) is 3.15. The SMILES string of the molecule is Cc1nc2cc(N=NC[SH](=O)=O)ccc2s1. The second kappa shape index (κ2) is 4.67. The number of hydrogen-bond acceptors (Lipinski definition) is 6. The molecule has 0 radical (unpaired) electrons. The lowest BCUT2D eigenvalue weighted by atomic mass is 10.3. The summed E-state index contributed by atoms with van der Waals surface area (Å²) in [5.41, 5.74) is 1.49. The Morgan fingerprint density at radius 2 is 2.25 bits per heavy atom. The van der Waals surface area contributed by atoms with Crippen molar-refractivity contribution < 1.29 is 8.42 Å². The fourth-order valence-electron chi connectivity index (χ4n) is 1.26. The quantitative estimate of drug-likeness (QED) is 0.675. The van der Waals surface area contributed by atoms with E-state index in [2.05, 4.69) is 15.2 Å². The number of rotatable bonds is 3. The lowest BCUT2D eigenvalue weighted by molar-refractivity contribution is 0.614. The Bertz CT molecular complexity index is 608. The van der Waals surface area contributed by atoms with Gasteiger partial charge in [-0.3, -0.25) is 0 Å².